The summed E-state index contributed by atoms with van der Waals surface area (Å²) >= 11 is 0. The van der Waals surface area contributed by atoms with Crippen molar-refractivity contribution < 1.29 is 18.4 Å². The quantitative estimate of drug-likeness (QED) is 0.0405. The fraction of sp³-hybridized carbons (Fsp3) is 0.730. The van der Waals surface area contributed by atoms with E-state index in [1.54, 1.807) is 6.07 Å². The van der Waals surface area contributed by atoms with Gasteiger partial charge in [0.05, 0.1) is 26.2 Å². The third-order valence-electron chi connectivity index (χ3n) is 9.55. The Hall–Kier alpha value is -2.14. The molecule has 0 aliphatic rings. The molecule has 0 saturated heterocycles. The normalized spacial score (nSPS) is 11.8. The average Bonchev–Trinajstić information content (AvgIpc) is 2.99. The minimum Gasteiger partial charge on any atom is -0.426 e. The molecule has 0 aliphatic carbocycles. The van der Waals surface area contributed by atoms with Crippen LogP contribution in [0.3, 0.4) is 0 Å². The number of hydrogen-bond donors (Lipinski definition) is 0. The minimum atomic E-state index is -0.262. The number of ether oxygens (including phenoxy) is 1. The van der Waals surface area contributed by atoms with Crippen LogP contribution in [0.15, 0.2) is 27.4 Å². The van der Waals surface area contributed by atoms with Gasteiger partial charge >= 0.3 is 11.6 Å². The van der Waals surface area contributed by atoms with Gasteiger partial charge in [0.25, 0.3) is 0 Å². The molecule has 0 atom stereocenters. The molecule has 0 N–H and O–H groups in total. The Morgan fingerprint density at radius 2 is 1.29 bits per heavy atom. The zero-order valence-electron chi connectivity index (χ0n) is 27.9. The number of rotatable bonds is 24. The number of nitrogens with zero attached hydrogens (tertiary/aromatic N) is 1. The largest absolute Gasteiger partial charge is 0.426 e. The highest BCUT2D eigenvalue weighted by Gasteiger charge is 2.19. The molecular formula is C37H62NO4+. The van der Waals surface area contributed by atoms with Crippen LogP contribution in [-0.2, 0) is 11.2 Å². The minimum absolute atomic E-state index is 0.218. The van der Waals surface area contributed by atoms with Crippen molar-refractivity contribution >= 4 is 16.9 Å². The number of quaternary nitrogens is 1. The highest BCUT2D eigenvalue weighted by atomic mass is 16.5. The number of hydrogen-bond acceptors (Lipinski definition) is 4. The van der Waals surface area contributed by atoms with Gasteiger partial charge < -0.3 is 13.6 Å². The lowest BCUT2D eigenvalue weighted by atomic mass is 10.00. The summed E-state index contributed by atoms with van der Waals surface area (Å²) in [5, 5.41) is 0.920. The maximum absolute atomic E-state index is 12.7. The second-order valence-electron chi connectivity index (χ2n) is 12.4. The summed E-state index contributed by atoms with van der Waals surface area (Å²) in [6, 6.07) is 5.42. The van der Waals surface area contributed by atoms with E-state index in [4.69, 9.17) is 9.15 Å². The number of carbonyl (C=O) groups excluding carboxylic acids is 1. The van der Waals surface area contributed by atoms with Crippen LogP contribution in [0.4, 0.5) is 0 Å². The lowest BCUT2D eigenvalue weighted by Crippen LogP contribution is -2.48. The van der Waals surface area contributed by atoms with Gasteiger partial charge in [-0.15, -0.1) is 0 Å². The van der Waals surface area contributed by atoms with Crippen LogP contribution >= 0.6 is 0 Å². The van der Waals surface area contributed by atoms with E-state index in [0.717, 1.165) is 48.6 Å². The number of carbonyl (C=O) groups is 1. The molecule has 0 bridgehead atoms. The molecule has 0 aliphatic heterocycles. The Bertz CT molecular complexity index is 1080. The Labute approximate surface area is 257 Å². The second kappa shape index (κ2) is 20.7. The lowest BCUT2D eigenvalue weighted by Gasteiger charge is -2.35. The first-order valence-corrected chi connectivity index (χ1v) is 17.5. The van der Waals surface area contributed by atoms with Crippen molar-refractivity contribution in [3.63, 3.8) is 0 Å². The molecule has 238 valence electrons. The van der Waals surface area contributed by atoms with Gasteiger partial charge in [0.2, 0.25) is 0 Å². The lowest BCUT2D eigenvalue weighted by molar-refractivity contribution is -0.923. The first-order chi connectivity index (χ1) is 20.4. The fourth-order valence-corrected chi connectivity index (χ4v) is 6.27. The van der Waals surface area contributed by atoms with Crippen molar-refractivity contribution in [1.29, 1.82) is 0 Å². The smallest absolute Gasteiger partial charge is 0.339 e. The zero-order valence-corrected chi connectivity index (χ0v) is 27.9. The van der Waals surface area contributed by atoms with Gasteiger partial charge in [0.15, 0.2) is 0 Å². The number of benzene rings is 1. The van der Waals surface area contributed by atoms with Crippen molar-refractivity contribution in [1.82, 2.24) is 0 Å². The predicted octanol–water partition coefficient (Wildman–Crippen LogP) is 10.1. The zero-order chi connectivity index (χ0) is 30.6. The standard InChI is InChI=1S/C37H62NO4/c1-6-10-11-12-13-16-19-22-25-34-31(5)33-28-27-32(30-35(33)42-37(34)40)41-36(39)26-23-20-17-14-15-18-21-24-29-38(7-2,8-3)9-4/h27-28,30H,6-26,29H2,1-5H3/q+1. The van der Waals surface area contributed by atoms with E-state index in [1.807, 2.05) is 19.1 Å². The van der Waals surface area contributed by atoms with E-state index in [9.17, 15) is 9.59 Å². The van der Waals surface area contributed by atoms with Crippen LogP contribution in [0.5, 0.6) is 5.75 Å². The summed E-state index contributed by atoms with van der Waals surface area (Å²) < 4.78 is 12.5. The van der Waals surface area contributed by atoms with Crippen LogP contribution in [0.25, 0.3) is 11.0 Å². The van der Waals surface area contributed by atoms with E-state index in [-0.39, 0.29) is 11.6 Å². The monoisotopic (exact) mass is 584 g/mol. The summed E-state index contributed by atoms with van der Waals surface area (Å²) in [6.45, 7) is 16.2. The molecule has 1 aromatic heterocycles. The molecule has 0 fully saturated rings. The highest BCUT2D eigenvalue weighted by molar-refractivity contribution is 5.83. The molecule has 1 heterocycles. The van der Waals surface area contributed by atoms with Crippen LogP contribution in [0.2, 0.25) is 0 Å². The summed E-state index contributed by atoms with van der Waals surface area (Å²) in [6.07, 6.45) is 20.7. The molecule has 0 amide bonds. The van der Waals surface area contributed by atoms with Crippen molar-refractivity contribution in [3.8, 4) is 5.75 Å². The predicted molar refractivity (Wildman–Crippen MR) is 177 cm³/mol. The van der Waals surface area contributed by atoms with Gasteiger partial charge in [0.1, 0.15) is 11.3 Å². The molecular weight excluding hydrogens is 522 g/mol. The Morgan fingerprint density at radius 3 is 1.88 bits per heavy atom. The van der Waals surface area contributed by atoms with E-state index < -0.39 is 0 Å². The maximum Gasteiger partial charge on any atom is 0.339 e. The molecule has 1 aromatic carbocycles. The van der Waals surface area contributed by atoms with Gasteiger partial charge in [-0.05, 0) is 77.5 Å². The Kier molecular flexibility index (Phi) is 17.8. The molecule has 5 heteroatoms. The first kappa shape index (κ1) is 36.1. The van der Waals surface area contributed by atoms with Crippen molar-refractivity contribution in [2.24, 2.45) is 0 Å². The molecule has 0 saturated carbocycles. The third kappa shape index (κ3) is 12.6. The molecule has 42 heavy (non-hydrogen) atoms. The number of esters is 1. The summed E-state index contributed by atoms with van der Waals surface area (Å²) in [7, 11) is 0. The molecule has 2 rings (SSSR count). The van der Waals surface area contributed by atoms with Crippen molar-refractivity contribution in [3.05, 3.63) is 39.7 Å². The maximum atomic E-state index is 12.7. The topological polar surface area (TPSA) is 56.5 Å². The summed E-state index contributed by atoms with van der Waals surface area (Å²) in [5.74, 6) is 0.229. The van der Waals surface area contributed by atoms with Gasteiger partial charge in [-0.2, -0.15) is 0 Å². The summed E-state index contributed by atoms with van der Waals surface area (Å²) in [4.78, 5) is 25.2. The fourth-order valence-electron chi connectivity index (χ4n) is 6.27. The average molecular weight is 585 g/mol. The number of unbranched alkanes of at least 4 members (excludes halogenated alkanes) is 14. The molecule has 0 unspecified atom stereocenters. The van der Waals surface area contributed by atoms with Gasteiger partial charge in [0, 0.05) is 23.4 Å². The Balaban J connectivity index is 1.66. The van der Waals surface area contributed by atoms with Gasteiger partial charge in [-0.1, -0.05) is 84.0 Å². The second-order valence-corrected chi connectivity index (χ2v) is 12.4. The van der Waals surface area contributed by atoms with Gasteiger partial charge in [-0.25, -0.2) is 4.79 Å². The first-order valence-electron chi connectivity index (χ1n) is 17.5. The van der Waals surface area contributed by atoms with Crippen molar-refractivity contribution in [2.45, 2.75) is 150 Å². The SMILES string of the molecule is CCCCCCCCCCc1c(C)c2ccc(OC(=O)CCCCCCCCCC[N+](CC)(CC)CC)cc2oc1=O. The van der Waals surface area contributed by atoms with Gasteiger partial charge in [-0.3, -0.25) is 4.79 Å². The third-order valence-corrected chi connectivity index (χ3v) is 9.55. The molecule has 2 aromatic rings. The van der Waals surface area contributed by atoms with E-state index in [0.29, 0.717) is 17.8 Å². The van der Waals surface area contributed by atoms with Crippen LogP contribution in [0, 0.1) is 6.92 Å². The highest BCUT2D eigenvalue weighted by Crippen LogP contribution is 2.25. The Morgan fingerprint density at radius 1 is 0.738 bits per heavy atom. The van der Waals surface area contributed by atoms with Crippen molar-refractivity contribution in [2.75, 3.05) is 26.2 Å². The molecule has 0 radical (unpaired) electrons. The molecule has 0 spiro atoms. The molecule has 5 nitrogen and oxygen atoms in total. The van der Waals surface area contributed by atoms with E-state index in [2.05, 4.69) is 27.7 Å². The summed E-state index contributed by atoms with van der Waals surface area (Å²) in [5.41, 5.74) is 1.99. The number of aryl methyl sites for hydroxylation is 1. The number of fused-ring (bicyclic) bond motifs is 1. The van der Waals surface area contributed by atoms with Crippen LogP contribution in [0.1, 0.15) is 148 Å². The van der Waals surface area contributed by atoms with Crippen LogP contribution in [-0.4, -0.2) is 36.6 Å². The van der Waals surface area contributed by atoms with E-state index in [1.165, 1.54) is 108 Å². The van der Waals surface area contributed by atoms with E-state index >= 15 is 0 Å². The van der Waals surface area contributed by atoms with Crippen LogP contribution < -0.4 is 10.4 Å².